The predicted molar refractivity (Wildman–Crippen MR) is 56.4 cm³/mol. The van der Waals surface area contributed by atoms with Crippen molar-refractivity contribution in [3.8, 4) is 0 Å². The van der Waals surface area contributed by atoms with Crippen LogP contribution in [0.2, 0.25) is 0 Å². The van der Waals surface area contributed by atoms with Gasteiger partial charge in [0.05, 0.1) is 0 Å². The van der Waals surface area contributed by atoms with E-state index in [1.54, 1.807) is 0 Å². The van der Waals surface area contributed by atoms with E-state index in [0.717, 1.165) is 17.9 Å². The van der Waals surface area contributed by atoms with Crippen molar-refractivity contribution in [2.75, 3.05) is 13.6 Å². The molecule has 0 amide bonds. The number of hydrogen-bond acceptors (Lipinski definition) is 1. The Kier molecular flexibility index (Phi) is 5.56. The maximum absolute atomic E-state index is 2.50. The third kappa shape index (κ3) is 3.57. The van der Waals surface area contributed by atoms with Gasteiger partial charge in [0.15, 0.2) is 0 Å². The third-order valence-electron chi connectivity index (χ3n) is 2.45. The molecule has 0 rings (SSSR count). The van der Waals surface area contributed by atoms with E-state index in [4.69, 9.17) is 0 Å². The topological polar surface area (TPSA) is 3.24 Å². The molecule has 0 fully saturated rings. The highest BCUT2D eigenvalue weighted by molar-refractivity contribution is 4.74. The number of rotatable bonds is 5. The van der Waals surface area contributed by atoms with Crippen LogP contribution in [0.15, 0.2) is 0 Å². The van der Waals surface area contributed by atoms with Crippen LogP contribution < -0.4 is 0 Å². The standard InChI is InChI=1S/C11H25N/c1-7-8-12(6)11(9(2)3)10(4)5/h9-11H,7-8H2,1-6H3. The predicted octanol–water partition coefficient (Wildman–Crippen LogP) is 3.01. The Hall–Kier alpha value is -0.0400. The van der Waals surface area contributed by atoms with Gasteiger partial charge in [-0.25, -0.2) is 0 Å². The second-order valence-corrected chi connectivity index (χ2v) is 4.46. The molecule has 0 spiro atoms. The molecule has 0 aromatic carbocycles. The lowest BCUT2D eigenvalue weighted by molar-refractivity contribution is 0.145. The van der Waals surface area contributed by atoms with Crippen LogP contribution in [0.5, 0.6) is 0 Å². The molecule has 0 aliphatic rings. The molecule has 0 saturated heterocycles. The second kappa shape index (κ2) is 5.58. The Bertz CT molecular complexity index is 99.6. The minimum atomic E-state index is 0.741. The van der Waals surface area contributed by atoms with Crippen LogP contribution in [0, 0.1) is 11.8 Å². The van der Waals surface area contributed by atoms with Gasteiger partial charge in [0.2, 0.25) is 0 Å². The minimum absolute atomic E-state index is 0.741. The van der Waals surface area contributed by atoms with Gasteiger partial charge in [0.1, 0.15) is 0 Å². The quantitative estimate of drug-likeness (QED) is 0.614. The molecular formula is C11H25N. The van der Waals surface area contributed by atoms with Crippen LogP contribution in [0.4, 0.5) is 0 Å². The largest absolute Gasteiger partial charge is 0.303 e. The first-order valence-corrected chi connectivity index (χ1v) is 5.20. The van der Waals surface area contributed by atoms with E-state index in [1.807, 2.05) is 0 Å². The van der Waals surface area contributed by atoms with Crippen molar-refractivity contribution >= 4 is 0 Å². The zero-order chi connectivity index (χ0) is 9.72. The Balaban J connectivity index is 4.09. The zero-order valence-corrected chi connectivity index (χ0v) is 9.59. The van der Waals surface area contributed by atoms with E-state index in [9.17, 15) is 0 Å². The van der Waals surface area contributed by atoms with Gasteiger partial charge in [0.25, 0.3) is 0 Å². The summed E-state index contributed by atoms with van der Waals surface area (Å²) in [4.78, 5) is 2.50. The maximum Gasteiger partial charge on any atom is 0.0138 e. The lowest BCUT2D eigenvalue weighted by Gasteiger charge is -2.34. The third-order valence-corrected chi connectivity index (χ3v) is 2.45. The van der Waals surface area contributed by atoms with Gasteiger partial charge in [-0.15, -0.1) is 0 Å². The van der Waals surface area contributed by atoms with Crippen molar-refractivity contribution in [3.05, 3.63) is 0 Å². The highest BCUT2D eigenvalue weighted by Crippen LogP contribution is 2.17. The summed E-state index contributed by atoms with van der Waals surface area (Å²) in [5.41, 5.74) is 0. The van der Waals surface area contributed by atoms with Crippen LogP contribution in [-0.2, 0) is 0 Å². The summed E-state index contributed by atoms with van der Waals surface area (Å²) < 4.78 is 0. The first-order chi connectivity index (χ1) is 5.50. The minimum Gasteiger partial charge on any atom is -0.303 e. The SMILES string of the molecule is CCCN(C)C(C(C)C)C(C)C. The Labute approximate surface area is 78.1 Å². The van der Waals surface area contributed by atoms with E-state index in [2.05, 4.69) is 46.6 Å². The zero-order valence-electron chi connectivity index (χ0n) is 9.59. The molecule has 74 valence electrons. The van der Waals surface area contributed by atoms with Crippen molar-refractivity contribution in [1.29, 1.82) is 0 Å². The number of nitrogens with zero attached hydrogens (tertiary/aromatic N) is 1. The summed E-state index contributed by atoms with van der Waals surface area (Å²) in [6.45, 7) is 12.7. The molecule has 0 atom stereocenters. The molecule has 1 nitrogen and oxygen atoms in total. The van der Waals surface area contributed by atoms with Crippen molar-refractivity contribution in [2.45, 2.75) is 47.1 Å². The van der Waals surface area contributed by atoms with Crippen molar-refractivity contribution < 1.29 is 0 Å². The first kappa shape index (κ1) is 12.0. The second-order valence-electron chi connectivity index (χ2n) is 4.46. The summed E-state index contributed by atoms with van der Waals surface area (Å²) >= 11 is 0. The summed E-state index contributed by atoms with van der Waals surface area (Å²) in [7, 11) is 2.24. The first-order valence-electron chi connectivity index (χ1n) is 5.20. The highest BCUT2D eigenvalue weighted by atomic mass is 15.1. The van der Waals surface area contributed by atoms with Crippen LogP contribution in [0.1, 0.15) is 41.0 Å². The van der Waals surface area contributed by atoms with E-state index in [1.165, 1.54) is 13.0 Å². The van der Waals surface area contributed by atoms with E-state index in [-0.39, 0.29) is 0 Å². The lowest BCUT2D eigenvalue weighted by Crippen LogP contribution is -2.40. The molecule has 0 bridgehead atoms. The number of hydrogen-bond donors (Lipinski definition) is 0. The molecule has 0 saturated carbocycles. The van der Waals surface area contributed by atoms with E-state index >= 15 is 0 Å². The van der Waals surface area contributed by atoms with Gasteiger partial charge in [-0.1, -0.05) is 34.6 Å². The molecule has 0 radical (unpaired) electrons. The van der Waals surface area contributed by atoms with Crippen LogP contribution in [0.25, 0.3) is 0 Å². The van der Waals surface area contributed by atoms with Gasteiger partial charge < -0.3 is 4.90 Å². The molecule has 0 N–H and O–H groups in total. The summed E-state index contributed by atoms with van der Waals surface area (Å²) in [5.74, 6) is 1.53. The molecule has 1 heteroatoms. The lowest BCUT2D eigenvalue weighted by atomic mass is 9.92. The Morgan fingerprint density at radius 1 is 1.00 bits per heavy atom. The van der Waals surface area contributed by atoms with Gasteiger partial charge >= 0.3 is 0 Å². The fourth-order valence-corrected chi connectivity index (χ4v) is 2.29. The average Bonchev–Trinajstić information content (AvgIpc) is 1.85. The van der Waals surface area contributed by atoms with Gasteiger partial charge in [0, 0.05) is 6.04 Å². The summed E-state index contributed by atoms with van der Waals surface area (Å²) in [5, 5.41) is 0. The monoisotopic (exact) mass is 171 g/mol. The van der Waals surface area contributed by atoms with E-state index in [0.29, 0.717) is 0 Å². The van der Waals surface area contributed by atoms with Crippen LogP contribution in [-0.4, -0.2) is 24.5 Å². The average molecular weight is 171 g/mol. The van der Waals surface area contributed by atoms with Gasteiger partial charge in [-0.05, 0) is 31.8 Å². The van der Waals surface area contributed by atoms with Gasteiger partial charge in [-0.3, -0.25) is 0 Å². The summed E-state index contributed by atoms with van der Waals surface area (Å²) in [6, 6.07) is 0.741. The van der Waals surface area contributed by atoms with Crippen molar-refractivity contribution in [2.24, 2.45) is 11.8 Å². The molecule has 0 aromatic rings. The smallest absolute Gasteiger partial charge is 0.0138 e. The molecule has 0 aromatic heterocycles. The highest BCUT2D eigenvalue weighted by Gasteiger charge is 2.20. The molecule has 0 aliphatic heterocycles. The summed E-state index contributed by atoms with van der Waals surface area (Å²) in [6.07, 6.45) is 1.26. The molecule has 0 aliphatic carbocycles. The van der Waals surface area contributed by atoms with Crippen molar-refractivity contribution in [1.82, 2.24) is 4.90 Å². The molecule has 0 unspecified atom stereocenters. The Morgan fingerprint density at radius 2 is 1.42 bits per heavy atom. The van der Waals surface area contributed by atoms with Gasteiger partial charge in [-0.2, -0.15) is 0 Å². The van der Waals surface area contributed by atoms with E-state index < -0.39 is 0 Å². The van der Waals surface area contributed by atoms with Crippen molar-refractivity contribution in [3.63, 3.8) is 0 Å². The van der Waals surface area contributed by atoms with Crippen LogP contribution >= 0.6 is 0 Å². The normalized spacial score (nSPS) is 12.5. The maximum atomic E-state index is 2.50. The molecule has 0 heterocycles. The van der Waals surface area contributed by atoms with Crippen LogP contribution in [0.3, 0.4) is 0 Å². The molecular weight excluding hydrogens is 146 g/mol. The molecule has 12 heavy (non-hydrogen) atoms. The Morgan fingerprint density at radius 3 is 1.67 bits per heavy atom. The fourth-order valence-electron chi connectivity index (χ4n) is 2.29. The fraction of sp³-hybridized carbons (Fsp3) is 1.00.